The predicted octanol–water partition coefficient (Wildman–Crippen LogP) is 6.67. The lowest BCUT2D eigenvalue weighted by molar-refractivity contribution is -0.122. The Hall–Kier alpha value is -3.58. The number of rotatable bonds is 8. The minimum Gasteiger partial charge on any atom is -0.462 e. The van der Waals surface area contributed by atoms with E-state index < -0.39 is 0 Å². The molecule has 0 radical (unpaired) electrons. The quantitative estimate of drug-likeness (QED) is 0.255. The molecule has 4 rings (SSSR count). The smallest absolute Gasteiger partial charge is 0.338 e. The summed E-state index contributed by atoms with van der Waals surface area (Å²) in [6.07, 6.45) is 3.87. The molecule has 1 aliphatic heterocycles. The monoisotopic (exact) mass is 501 g/mol. The molecule has 1 aromatic heterocycles. The normalized spacial score (nSPS) is 15.8. The number of amidine groups is 1. The van der Waals surface area contributed by atoms with Gasteiger partial charge >= 0.3 is 5.97 Å². The van der Waals surface area contributed by atoms with E-state index in [2.05, 4.69) is 17.6 Å². The van der Waals surface area contributed by atoms with Gasteiger partial charge in [-0.15, -0.1) is 0 Å². The molecule has 1 amide bonds. The van der Waals surface area contributed by atoms with E-state index in [1.54, 1.807) is 17.9 Å². The Kier molecular flexibility index (Phi) is 8.10. The second kappa shape index (κ2) is 11.4. The van der Waals surface area contributed by atoms with Crippen molar-refractivity contribution >= 4 is 40.6 Å². The number of hydrogen-bond donors (Lipinski definition) is 0. The number of carbonyl (C=O) groups excluding carboxylic acids is 2. The van der Waals surface area contributed by atoms with E-state index in [1.807, 2.05) is 68.5 Å². The van der Waals surface area contributed by atoms with Gasteiger partial charge < -0.3 is 9.30 Å². The number of unbranched alkanes of at least 4 members (excludes halogenated alkanes) is 1. The molecule has 3 aromatic rings. The molecule has 0 bridgehead atoms. The zero-order valence-electron chi connectivity index (χ0n) is 21.2. The lowest BCUT2D eigenvalue weighted by atomic mass is 10.2. The van der Waals surface area contributed by atoms with Crippen molar-refractivity contribution in [3.63, 3.8) is 0 Å². The minimum atomic E-state index is -0.338. The Labute approximate surface area is 216 Å². The highest BCUT2D eigenvalue weighted by molar-refractivity contribution is 8.18. The summed E-state index contributed by atoms with van der Waals surface area (Å²) in [5.41, 5.74) is 5.18. The Morgan fingerprint density at radius 1 is 1.06 bits per heavy atom. The predicted molar refractivity (Wildman–Crippen MR) is 147 cm³/mol. The number of amides is 1. The standard InChI is InChI=1S/C29H31N3O3S/c1-5-7-16-31-27(33)26(36-29(31)30-24-13-9-8-10-14-24)19-23-17-20(3)32(21(23)4)25-15-11-12-22(18-25)28(34)35-6-2/h8-15,17-19H,5-7,16H2,1-4H3/b26-19-,30-29?. The molecule has 0 spiro atoms. The molecule has 2 heterocycles. The van der Waals surface area contributed by atoms with Gasteiger partial charge in [0.1, 0.15) is 0 Å². The van der Waals surface area contributed by atoms with Gasteiger partial charge in [-0.05, 0) is 87.0 Å². The highest BCUT2D eigenvalue weighted by Gasteiger charge is 2.33. The second-order valence-electron chi connectivity index (χ2n) is 8.58. The van der Waals surface area contributed by atoms with Gasteiger partial charge in [-0.25, -0.2) is 9.79 Å². The van der Waals surface area contributed by atoms with Crippen molar-refractivity contribution in [3.05, 3.63) is 88.1 Å². The number of nitrogens with zero attached hydrogens (tertiary/aromatic N) is 3. The third-order valence-electron chi connectivity index (χ3n) is 5.98. The number of para-hydroxylation sites is 1. The minimum absolute atomic E-state index is 0.0164. The molecule has 0 N–H and O–H groups in total. The highest BCUT2D eigenvalue weighted by Crippen LogP contribution is 2.35. The number of aliphatic imine (C=N–C) groups is 1. The number of aromatic nitrogens is 1. The van der Waals surface area contributed by atoms with Crippen LogP contribution < -0.4 is 0 Å². The van der Waals surface area contributed by atoms with Gasteiger partial charge in [0.15, 0.2) is 5.17 Å². The van der Waals surface area contributed by atoms with Crippen LogP contribution in [0.3, 0.4) is 0 Å². The first-order valence-electron chi connectivity index (χ1n) is 12.2. The summed E-state index contributed by atoms with van der Waals surface area (Å²) in [5, 5.41) is 0.710. The third-order valence-corrected chi connectivity index (χ3v) is 6.98. The summed E-state index contributed by atoms with van der Waals surface area (Å²) in [6.45, 7) is 8.93. The Balaban J connectivity index is 1.68. The molecule has 7 heteroatoms. The molecule has 36 heavy (non-hydrogen) atoms. The first-order valence-corrected chi connectivity index (χ1v) is 13.1. The van der Waals surface area contributed by atoms with Crippen molar-refractivity contribution in [1.29, 1.82) is 0 Å². The van der Waals surface area contributed by atoms with Crippen LogP contribution in [-0.4, -0.2) is 39.7 Å². The van der Waals surface area contributed by atoms with Gasteiger partial charge in [-0.1, -0.05) is 37.6 Å². The van der Waals surface area contributed by atoms with Gasteiger partial charge in [-0.2, -0.15) is 0 Å². The summed E-state index contributed by atoms with van der Waals surface area (Å²) in [5.74, 6) is -0.355. The lowest BCUT2D eigenvalue weighted by Crippen LogP contribution is -2.30. The molecular weight excluding hydrogens is 470 g/mol. The van der Waals surface area contributed by atoms with Crippen molar-refractivity contribution in [2.75, 3.05) is 13.2 Å². The van der Waals surface area contributed by atoms with Crippen molar-refractivity contribution in [3.8, 4) is 5.69 Å². The van der Waals surface area contributed by atoms with E-state index in [0.717, 1.165) is 41.2 Å². The molecule has 0 atom stereocenters. The van der Waals surface area contributed by atoms with Crippen LogP contribution in [0.1, 0.15) is 54.0 Å². The molecule has 186 valence electrons. The van der Waals surface area contributed by atoms with E-state index in [-0.39, 0.29) is 11.9 Å². The van der Waals surface area contributed by atoms with Crippen LogP contribution in [0.4, 0.5) is 5.69 Å². The number of ether oxygens (including phenoxy) is 1. The summed E-state index contributed by atoms with van der Waals surface area (Å²) >= 11 is 1.42. The average molecular weight is 502 g/mol. The maximum Gasteiger partial charge on any atom is 0.338 e. The topological polar surface area (TPSA) is 63.9 Å². The van der Waals surface area contributed by atoms with Crippen LogP contribution >= 0.6 is 11.8 Å². The molecule has 1 saturated heterocycles. The fourth-order valence-corrected chi connectivity index (χ4v) is 5.19. The van der Waals surface area contributed by atoms with Gasteiger partial charge in [0, 0.05) is 23.6 Å². The SMILES string of the molecule is CCCCN1C(=O)/C(=C/c2cc(C)n(-c3cccc(C(=O)OCC)c3)c2C)SC1=Nc1ccccc1. The summed E-state index contributed by atoms with van der Waals surface area (Å²) in [7, 11) is 0. The van der Waals surface area contributed by atoms with E-state index in [0.29, 0.717) is 28.8 Å². The van der Waals surface area contributed by atoms with Crippen LogP contribution in [0.2, 0.25) is 0 Å². The van der Waals surface area contributed by atoms with Gasteiger partial charge in [-0.3, -0.25) is 9.69 Å². The largest absolute Gasteiger partial charge is 0.462 e. The fraction of sp³-hybridized carbons (Fsp3) is 0.276. The van der Waals surface area contributed by atoms with E-state index in [4.69, 9.17) is 9.73 Å². The molecule has 2 aromatic carbocycles. The van der Waals surface area contributed by atoms with Crippen molar-refractivity contribution in [2.45, 2.75) is 40.5 Å². The number of benzene rings is 2. The van der Waals surface area contributed by atoms with Crippen molar-refractivity contribution in [1.82, 2.24) is 9.47 Å². The average Bonchev–Trinajstić information content (AvgIpc) is 3.32. The van der Waals surface area contributed by atoms with Crippen LogP contribution in [0, 0.1) is 13.8 Å². The number of hydrogen-bond acceptors (Lipinski definition) is 5. The van der Waals surface area contributed by atoms with E-state index >= 15 is 0 Å². The third kappa shape index (κ3) is 5.46. The Morgan fingerprint density at radius 2 is 1.83 bits per heavy atom. The molecule has 0 aliphatic carbocycles. The number of esters is 1. The zero-order valence-corrected chi connectivity index (χ0v) is 22.0. The maximum atomic E-state index is 13.4. The molecule has 0 unspecified atom stereocenters. The first kappa shape index (κ1) is 25.5. The molecule has 1 fully saturated rings. The van der Waals surface area contributed by atoms with Crippen LogP contribution in [0.15, 0.2) is 70.6 Å². The van der Waals surface area contributed by atoms with Gasteiger partial charge in [0.25, 0.3) is 5.91 Å². The van der Waals surface area contributed by atoms with E-state index in [9.17, 15) is 9.59 Å². The zero-order chi connectivity index (χ0) is 25.7. The highest BCUT2D eigenvalue weighted by atomic mass is 32.2. The van der Waals surface area contributed by atoms with Crippen molar-refractivity contribution in [2.24, 2.45) is 4.99 Å². The first-order chi connectivity index (χ1) is 17.4. The van der Waals surface area contributed by atoms with Gasteiger partial charge in [0.2, 0.25) is 0 Å². The summed E-state index contributed by atoms with van der Waals surface area (Å²) in [4.78, 5) is 32.8. The number of thioether (sulfide) groups is 1. The number of carbonyl (C=O) groups is 2. The van der Waals surface area contributed by atoms with Crippen LogP contribution in [-0.2, 0) is 9.53 Å². The summed E-state index contributed by atoms with van der Waals surface area (Å²) in [6, 6.07) is 19.2. The van der Waals surface area contributed by atoms with Crippen LogP contribution in [0.5, 0.6) is 0 Å². The molecule has 0 saturated carbocycles. The second-order valence-corrected chi connectivity index (χ2v) is 9.59. The Bertz CT molecular complexity index is 1320. The van der Waals surface area contributed by atoms with Crippen LogP contribution in [0.25, 0.3) is 11.8 Å². The molecular formula is C29H31N3O3S. The fourth-order valence-electron chi connectivity index (χ4n) is 4.18. The molecule has 6 nitrogen and oxygen atoms in total. The lowest BCUT2D eigenvalue weighted by Gasteiger charge is -2.14. The van der Waals surface area contributed by atoms with Crippen molar-refractivity contribution < 1.29 is 14.3 Å². The maximum absolute atomic E-state index is 13.4. The Morgan fingerprint density at radius 3 is 2.56 bits per heavy atom. The molecule has 1 aliphatic rings. The summed E-state index contributed by atoms with van der Waals surface area (Å²) < 4.78 is 7.25. The van der Waals surface area contributed by atoms with Gasteiger partial charge in [0.05, 0.1) is 22.8 Å². The number of aryl methyl sites for hydroxylation is 1. The van der Waals surface area contributed by atoms with E-state index in [1.165, 1.54) is 11.8 Å².